The quantitative estimate of drug-likeness (QED) is 0.0434. The molecule has 0 saturated carbocycles. The highest BCUT2D eigenvalue weighted by atomic mass is 16.6. The van der Waals surface area contributed by atoms with Gasteiger partial charge in [-0.2, -0.15) is 0 Å². The molecule has 6 unspecified atom stereocenters. The fraction of sp³-hybridized carbons (Fsp3) is 0.446. The topological polar surface area (TPSA) is 131 Å². The van der Waals surface area contributed by atoms with Gasteiger partial charge in [0.2, 0.25) is 0 Å². The molecule has 0 bridgehead atoms. The van der Waals surface area contributed by atoms with Crippen molar-refractivity contribution < 1.29 is 56.8 Å². The Morgan fingerprint density at radius 2 is 0.571 bits per heavy atom. The van der Waals surface area contributed by atoms with E-state index in [0.717, 1.165) is 87.7 Å². The summed E-state index contributed by atoms with van der Waals surface area (Å²) in [5.74, 6) is 4.99. The molecule has 0 aromatic heterocycles. The third-order valence-electron chi connectivity index (χ3n) is 16.0. The zero-order chi connectivity index (χ0) is 52.7. The minimum absolute atomic E-state index is 0.0276. The van der Waals surface area contributed by atoms with E-state index >= 15 is 0 Å². The summed E-state index contributed by atoms with van der Waals surface area (Å²) >= 11 is 0. The predicted molar refractivity (Wildman–Crippen MR) is 292 cm³/mol. The summed E-state index contributed by atoms with van der Waals surface area (Å²) in [4.78, 5) is 0. The van der Waals surface area contributed by atoms with E-state index in [-0.39, 0.29) is 47.5 Å². The summed E-state index contributed by atoms with van der Waals surface area (Å²) in [5.41, 5.74) is 10.1. The van der Waals surface area contributed by atoms with Crippen LogP contribution >= 0.6 is 0 Å². The van der Waals surface area contributed by atoms with E-state index in [4.69, 9.17) is 56.8 Å². The van der Waals surface area contributed by atoms with E-state index in [1.807, 2.05) is 0 Å². The summed E-state index contributed by atoms with van der Waals surface area (Å²) in [6.07, 6.45) is 1.84. The van der Waals surface area contributed by atoms with Crippen LogP contribution in [0.2, 0.25) is 0 Å². The van der Waals surface area contributed by atoms with Crippen LogP contribution in [0.25, 0.3) is 0 Å². The Morgan fingerprint density at radius 3 is 0.883 bits per heavy atom. The second-order valence-electron chi connectivity index (χ2n) is 23.2. The summed E-state index contributed by atoms with van der Waals surface area (Å²) in [6.45, 7) is 21.1. The molecule has 0 aliphatic carbocycles. The molecule has 0 N–H and O–H groups in total. The van der Waals surface area contributed by atoms with Gasteiger partial charge in [-0.3, -0.25) is 0 Å². The van der Waals surface area contributed by atoms with Gasteiger partial charge in [0.1, 0.15) is 111 Å². The maximum atomic E-state index is 7.09. The minimum Gasteiger partial charge on any atom is -0.491 e. The van der Waals surface area contributed by atoms with Gasteiger partial charge in [-0.1, -0.05) is 114 Å². The third kappa shape index (κ3) is 12.9. The molecule has 404 valence electrons. The molecule has 6 atom stereocenters. The van der Waals surface area contributed by atoms with Crippen molar-refractivity contribution in [2.45, 2.75) is 107 Å². The van der Waals surface area contributed by atoms with Gasteiger partial charge >= 0.3 is 0 Å². The minimum atomic E-state index is -0.443. The van der Waals surface area contributed by atoms with Gasteiger partial charge in [0.25, 0.3) is 0 Å². The SMILES string of the molecule is CC(C)(c1ccc(OCC2CO2)cc1)c1ccc(OCC2CO2)c(Cc2cc(C(C)(C)c3ccc(OCC4CO4)cc3)cc(Cc3cc(C(C)(C)c4ccc(OCC5CO5)cc4)ccc3OCC3CO3)c2OCC2CO2)c1. The van der Waals surface area contributed by atoms with E-state index in [0.29, 0.717) is 72.3 Å². The van der Waals surface area contributed by atoms with Crippen molar-refractivity contribution >= 4 is 0 Å². The maximum Gasteiger partial charge on any atom is 0.126 e. The highest BCUT2D eigenvalue weighted by Gasteiger charge is 2.33. The number of rotatable bonds is 28. The fourth-order valence-electron chi connectivity index (χ4n) is 9.97. The third-order valence-corrected chi connectivity index (χ3v) is 16.0. The molecule has 6 aromatic carbocycles. The molecule has 12 rings (SSSR count). The highest BCUT2D eigenvalue weighted by molar-refractivity contribution is 5.57. The molecule has 77 heavy (non-hydrogen) atoms. The van der Waals surface area contributed by atoms with Crippen molar-refractivity contribution in [1.29, 1.82) is 0 Å². The maximum absolute atomic E-state index is 7.09. The molecule has 0 amide bonds. The molecule has 12 nitrogen and oxygen atoms in total. The van der Waals surface area contributed by atoms with Crippen molar-refractivity contribution in [3.63, 3.8) is 0 Å². The van der Waals surface area contributed by atoms with E-state index in [2.05, 4.69) is 163 Å². The summed E-state index contributed by atoms with van der Waals surface area (Å²) in [6, 6.07) is 43.5. The smallest absolute Gasteiger partial charge is 0.126 e. The Bertz CT molecular complexity index is 2840. The molecule has 0 spiro atoms. The van der Waals surface area contributed by atoms with Crippen LogP contribution < -0.4 is 28.4 Å². The lowest BCUT2D eigenvalue weighted by Gasteiger charge is -2.30. The zero-order valence-electron chi connectivity index (χ0n) is 45.3. The van der Waals surface area contributed by atoms with Crippen molar-refractivity contribution in [3.8, 4) is 34.5 Å². The predicted octanol–water partition coefficient (Wildman–Crippen LogP) is 10.5. The molecular weight excluding hydrogens is 973 g/mol. The summed E-state index contributed by atoms with van der Waals surface area (Å²) < 4.78 is 71.9. The normalized spacial score (nSPS) is 21.9. The second kappa shape index (κ2) is 21.6. The molecule has 6 fully saturated rings. The first kappa shape index (κ1) is 51.6. The van der Waals surface area contributed by atoms with Gasteiger partial charge in [0.05, 0.1) is 39.6 Å². The monoisotopic (exact) mass is 1040 g/mol. The van der Waals surface area contributed by atoms with Gasteiger partial charge in [-0.05, 0) is 104 Å². The van der Waals surface area contributed by atoms with Gasteiger partial charge < -0.3 is 56.8 Å². The molecule has 6 aliphatic heterocycles. The van der Waals surface area contributed by atoms with Gasteiger partial charge in [0.15, 0.2) is 0 Å². The Labute approximate surface area is 453 Å². The lowest BCUT2D eigenvalue weighted by atomic mass is 9.75. The number of ether oxygens (including phenoxy) is 12. The lowest BCUT2D eigenvalue weighted by Crippen LogP contribution is -2.21. The summed E-state index contributed by atoms with van der Waals surface area (Å²) in [5, 5.41) is 0. The average molecular weight is 1050 g/mol. The van der Waals surface area contributed by atoms with Crippen LogP contribution in [0.1, 0.15) is 97.2 Å². The first-order valence-corrected chi connectivity index (χ1v) is 27.5. The van der Waals surface area contributed by atoms with Crippen LogP contribution in [0.4, 0.5) is 0 Å². The fourth-order valence-corrected chi connectivity index (χ4v) is 9.97. The summed E-state index contributed by atoms with van der Waals surface area (Å²) in [7, 11) is 0. The molecule has 0 radical (unpaired) electrons. The second-order valence-corrected chi connectivity index (χ2v) is 23.2. The Balaban J connectivity index is 0.942. The number of benzene rings is 6. The number of hydrogen-bond donors (Lipinski definition) is 0. The van der Waals surface area contributed by atoms with Gasteiger partial charge in [-0.25, -0.2) is 0 Å². The number of epoxide rings is 6. The molecule has 6 aliphatic rings. The Kier molecular flexibility index (Phi) is 14.5. The van der Waals surface area contributed by atoms with E-state index < -0.39 is 5.41 Å². The first-order valence-electron chi connectivity index (χ1n) is 27.5. The first-order chi connectivity index (χ1) is 37.3. The van der Waals surface area contributed by atoms with Crippen molar-refractivity contribution in [3.05, 3.63) is 177 Å². The van der Waals surface area contributed by atoms with Crippen molar-refractivity contribution in [2.75, 3.05) is 79.3 Å². The standard InChI is InChI=1S/C65H72O12/c1-63(2,45-7-15-51(16-8-45)66-29-54-32-69-54)48-13-21-60(75-38-57-35-72-57)41(25-48)23-43-27-50(65(5,6)47-11-19-53(20-12-47)68-31-56-34-71-56)28-44(62(43)77-40-59-37-74-59)24-42-26-49(14-22-61(42)76-39-58-36-73-58)64(3,4)46-9-17-52(18-10-46)67-30-55-33-70-55/h7-22,25-28,54-59H,23-24,29-40H2,1-6H3. The number of hydrogen-bond acceptors (Lipinski definition) is 12. The van der Waals surface area contributed by atoms with Crippen molar-refractivity contribution in [1.82, 2.24) is 0 Å². The van der Waals surface area contributed by atoms with Crippen LogP contribution in [0, 0.1) is 0 Å². The zero-order valence-corrected chi connectivity index (χ0v) is 45.3. The Hall–Kier alpha value is -6.12. The van der Waals surface area contributed by atoms with Crippen LogP contribution in [-0.2, 0) is 57.5 Å². The Morgan fingerprint density at radius 1 is 0.312 bits per heavy atom. The largest absolute Gasteiger partial charge is 0.491 e. The molecule has 6 saturated heterocycles. The molecule has 6 aromatic rings. The van der Waals surface area contributed by atoms with E-state index in [1.165, 1.54) is 22.3 Å². The van der Waals surface area contributed by atoms with Crippen LogP contribution in [0.5, 0.6) is 34.5 Å². The van der Waals surface area contributed by atoms with E-state index in [1.54, 1.807) is 0 Å². The molecular formula is C65H72O12. The van der Waals surface area contributed by atoms with E-state index in [9.17, 15) is 0 Å². The molecule has 12 heteroatoms. The van der Waals surface area contributed by atoms with Gasteiger partial charge in [0, 0.05) is 29.1 Å². The molecule has 6 heterocycles. The van der Waals surface area contributed by atoms with Crippen molar-refractivity contribution in [2.24, 2.45) is 0 Å². The van der Waals surface area contributed by atoms with Crippen LogP contribution in [-0.4, -0.2) is 116 Å². The lowest BCUT2D eigenvalue weighted by molar-refractivity contribution is 0.257. The highest BCUT2D eigenvalue weighted by Crippen LogP contribution is 2.43. The average Bonchev–Trinajstić information content (AvgIpc) is 4.23. The van der Waals surface area contributed by atoms with Crippen LogP contribution in [0.15, 0.2) is 121 Å². The van der Waals surface area contributed by atoms with Gasteiger partial charge in [-0.15, -0.1) is 0 Å². The van der Waals surface area contributed by atoms with Crippen LogP contribution in [0.3, 0.4) is 0 Å².